The van der Waals surface area contributed by atoms with Gasteiger partial charge in [0.2, 0.25) is 0 Å². The van der Waals surface area contributed by atoms with Crippen LogP contribution in [0.25, 0.3) is 5.82 Å². The Morgan fingerprint density at radius 3 is 2.37 bits per heavy atom. The second-order valence-electron chi connectivity index (χ2n) is 5.20. The van der Waals surface area contributed by atoms with E-state index in [1.807, 2.05) is 24.0 Å². The molecule has 0 fully saturated rings. The van der Waals surface area contributed by atoms with Crippen LogP contribution in [0.2, 0.25) is 0 Å². The van der Waals surface area contributed by atoms with Crippen LogP contribution in [-0.4, -0.2) is 26.8 Å². The van der Waals surface area contributed by atoms with Gasteiger partial charge in [-0.15, -0.1) is 0 Å². The molecule has 0 unspecified atom stereocenters. The minimum atomic E-state index is 0.324. The average molecular weight is 259 g/mol. The van der Waals surface area contributed by atoms with Gasteiger partial charge >= 0.3 is 0 Å². The first-order valence-electron chi connectivity index (χ1n) is 6.63. The summed E-state index contributed by atoms with van der Waals surface area (Å²) in [7, 11) is 1.88. The largest absolute Gasteiger partial charge is 0.373 e. The van der Waals surface area contributed by atoms with Gasteiger partial charge in [-0.3, -0.25) is 0 Å². The summed E-state index contributed by atoms with van der Waals surface area (Å²) >= 11 is 0. The Morgan fingerprint density at radius 2 is 1.84 bits per heavy atom. The summed E-state index contributed by atoms with van der Waals surface area (Å²) in [6.07, 6.45) is 3.53. The smallest absolute Gasteiger partial charge is 0.162 e. The highest BCUT2D eigenvalue weighted by Gasteiger charge is 2.16. The van der Waals surface area contributed by atoms with Crippen molar-refractivity contribution in [3.8, 4) is 5.82 Å². The van der Waals surface area contributed by atoms with Crippen LogP contribution in [0.3, 0.4) is 0 Å². The predicted molar refractivity (Wildman–Crippen MR) is 76.9 cm³/mol. The molecule has 0 atom stereocenters. The minimum absolute atomic E-state index is 0.324. The number of hydrogen-bond acceptors (Lipinski definition) is 4. The van der Waals surface area contributed by atoms with E-state index < -0.39 is 0 Å². The third-order valence-electron chi connectivity index (χ3n) is 3.10. The van der Waals surface area contributed by atoms with Gasteiger partial charge in [0.1, 0.15) is 12.1 Å². The second-order valence-corrected chi connectivity index (χ2v) is 5.20. The second kappa shape index (κ2) is 5.38. The van der Waals surface area contributed by atoms with Gasteiger partial charge < -0.3 is 5.32 Å². The Labute approximate surface area is 114 Å². The molecule has 2 rings (SSSR count). The van der Waals surface area contributed by atoms with Crippen molar-refractivity contribution in [2.45, 2.75) is 39.5 Å². The zero-order valence-electron chi connectivity index (χ0n) is 12.2. The van der Waals surface area contributed by atoms with Crippen molar-refractivity contribution < 1.29 is 0 Å². The van der Waals surface area contributed by atoms with Gasteiger partial charge in [0.05, 0.1) is 5.69 Å². The highest BCUT2D eigenvalue weighted by Crippen LogP contribution is 2.27. The molecule has 2 aromatic rings. The van der Waals surface area contributed by atoms with E-state index in [-0.39, 0.29) is 0 Å². The summed E-state index contributed by atoms with van der Waals surface area (Å²) in [5, 5.41) is 7.72. The monoisotopic (exact) mass is 259 g/mol. The van der Waals surface area contributed by atoms with Gasteiger partial charge in [-0.2, -0.15) is 5.10 Å². The molecule has 5 nitrogen and oxygen atoms in total. The van der Waals surface area contributed by atoms with Crippen LogP contribution in [0.4, 0.5) is 5.82 Å². The zero-order chi connectivity index (χ0) is 14.0. The molecule has 0 saturated carbocycles. The van der Waals surface area contributed by atoms with Crippen molar-refractivity contribution in [1.29, 1.82) is 0 Å². The van der Waals surface area contributed by atoms with E-state index in [1.54, 1.807) is 6.33 Å². The zero-order valence-corrected chi connectivity index (χ0v) is 12.2. The summed E-state index contributed by atoms with van der Waals surface area (Å²) < 4.78 is 1.84. The van der Waals surface area contributed by atoms with Gasteiger partial charge in [-0.25, -0.2) is 14.6 Å². The lowest BCUT2D eigenvalue weighted by atomic mass is 10.0. The first kappa shape index (κ1) is 13.5. The Bertz CT molecular complexity index is 557. The molecule has 0 radical (unpaired) electrons. The van der Waals surface area contributed by atoms with E-state index in [4.69, 9.17) is 0 Å². The average Bonchev–Trinajstić information content (AvgIpc) is 2.87. The van der Waals surface area contributed by atoms with Crippen LogP contribution in [0.15, 0.2) is 18.6 Å². The van der Waals surface area contributed by atoms with Crippen LogP contribution >= 0.6 is 0 Å². The van der Waals surface area contributed by atoms with Crippen LogP contribution in [-0.2, 0) is 0 Å². The molecular weight excluding hydrogens is 238 g/mol. The van der Waals surface area contributed by atoms with Gasteiger partial charge in [0, 0.05) is 18.8 Å². The number of nitrogens with one attached hydrogen (secondary N) is 1. The van der Waals surface area contributed by atoms with Crippen molar-refractivity contribution in [3.63, 3.8) is 0 Å². The molecule has 0 saturated heterocycles. The van der Waals surface area contributed by atoms with E-state index >= 15 is 0 Å². The summed E-state index contributed by atoms with van der Waals surface area (Å²) in [6, 6.07) is 2.04. The fourth-order valence-electron chi connectivity index (χ4n) is 2.06. The number of rotatable bonds is 4. The molecule has 102 valence electrons. The molecule has 0 aliphatic heterocycles. The quantitative estimate of drug-likeness (QED) is 0.917. The summed E-state index contributed by atoms with van der Waals surface area (Å²) in [5.74, 6) is 2.45. The van der Waals surface area contributed by atoms with Crippen LogP contribution in [0.1, 0.15) is 50.8 Å². The normalized spacial score (nSPS) is 11.3. The molecule has 19 heavy (non-hydrogen) atoms. The first-order valence-corrected chi connectivity index (χ1v) is 6.63. The lowest BCUT2D eigenvalue weighted by molar-refractivity contribution is 0.735. The van der Waals surface area contributed by atoms with Crippen LogP contribution in [0, 0.1) is 0 Å². The maximum absolute atomic E-state index is 4.60. The van der Waals surface area contributed by atoms with Gasteiger partial charge in [0.15, 0.2) is 5.82 Å². The van der Waals surface area contributed by atoms with Gasteiger partial charge in [-0.1, -0.05) is 27.7 Å². The fraction of sp³-hybridized carbons (Fsp3) is 0.500. The summed E-state index contributed by atoms with van der Waals surface area (Å²) in [5.41, 5.74) is 2.16. The third-order valence-corrected chi connectivity index (χ3v) is 3.10. The topological polar surface area (TPSA) is 55.6 Å². The molecule has 2 heterocycles. The van der Waals surface area contributed by atoms with Crippen molar-refractivity contribution in [2.75, 3.05) is 12.4 Å². The molecule has 0 spiro atoms. The Morgan fingerprint density at radius 1 is 1.11 bits per heavy atom. The van der Waals surface area contributed by atoms with Gasteiger partial charge in [0.25, 0.3) is 0 Å². The molecule has 5 heteroatoms. The number of hydrogen-bond donors (Lipinski definition) is 1. The maximum atomic E-state index is 4.60. The lowest BCUT2D eigenvalue weighted by Crippen LogP contribution is -2.10. The van der Waals surface area contributed by atoms with Crippen molar-refractivity contribution in [3.05, 3.63) is 29.8 Å². The molecule has 1 N–H and O–H groups in total. The lowest BCUT2D eigenvalue weighted by Gasteiger charge is -2.15. The van der Waals surface area contributed by atoms with Crippen molar-refractivity contribution in [1.82, 2.24) is 19.7 Å². The maximum Gasteiger partial charge on any atom is 0.162 e. The van der Waals surface area contributed by atoms with E-state index in [2.05, 4.69) is 48.1 Å². The molecular formula is C14H21N5. The molecule has 0 aliphatic carbocycles. The van der Waals surface area contributed by atoms with Crippen LogP contribution in [0.5, 0.6) is 0 Å². The van der Waals surface area contributed by atoms with Crippen LogP contribution < -0.4 is 5.32 Å². The van der Waals surface area contributed by atoms with E-state index in [1.165, 1.54) is 0 Å². The van der Waals surface area contributed by atoms with Crippen molar-refractivity contribution in [2.24, 2.45) is 0 Å². The van der Waals surface area contributed by atoms with E-state index in [9.17, 15) is 0 Å². The number of anilines is 1. The Hall–Kier alpha value is -1.91. The molecule has 0 bridgehead atoms. The van der Waals surface area contributed by atoms with Crippen molar-refractivity contribution >= 4 is 5.82 Å². The molecule has 0 amide bonds. The highest BCUT2D eigenvalue weighted by molar-refractivity contribution is 5.53. The fourth-order valence-corrected chi connectivity index (χ4v) is 2.06. The minimum Gasteiger partial charge on any atom is -0.373 e. The SMILES string of the molecule is CNc1ncnc(-n2ccc(C(C)C)n2)c1C(C)C. The van der Waals surface area contributed by atoms with E-state index in [0.717, 1.165) is 22.9 Å². The van der Waals surface area contributed by atoms with Gasteiger partial charge in [-0.05, 0) is 17.9 Å². The molecule has 0 aromatic carbocycles. The standard InChI is InChI=1S/C14H21N5/c1-9(2)11-6-7-19(18-11)14-12(10(3)4)13(15-5)16-8-17-14/h6-10H,1-5H3,(H,15,16,17). The molecule has 2 aromatic heterocycles. The summed E-state index contributed by atoms with van der Waals surface area (Å²) in [6.45, 7) is 8.54. The first-order chi connectivity index (χ1) is 9.04. The third kappa shape index (κ3) is 2.59. The van der Waals surface area contributed by atoms with E-state index in [0.29, 0.717) is 11.8 Å². The predicted octanol–water partition coefficient (Wildman–Crippen LogP) is 2.95. The number of aromatic nitrogens is 4. The Balaban J connectivity index is 2.54. The summed E-state index contributed by atoms with van der Waals surface area (Å²) in [4.78, 5) is 8.68. The highest BCUT2D eigenvalue weighted by atomic mass is 15.3. The Kier molecular flexibility index (Phi) is 3.83. The number of nitrogens with zero attached hydrogens (tertiary/aromatic N) is 4. The molecule has 0 aliphatic rings.